The Balaban J connectivity index is 1.95. The first-order valence-corrected chi connectivity index (χ1v) is 6.89. The average molecular weight is 264 g/mol. The van der Waals surface area contributed by atoms with Gasteiger partial charge in [-0.1, -0.05) is 18.9 Å². The van der Waals surface area contributed by atoms with Crippen LogP contribution in [0.2, 0.25) is 0 Å². The fourth-order valence-corrected chi connectivity index (χ4v) is 3.08. The molecule has 2 atom stereocenters. The van der Waals surface area contributed by atoms with E-state index in [1.54, 1.807) is 7.11 Å². The van der Waals surface area contributed by atoms with Gasteiger partial charge in [-0.2, -0.15) is 0 Å². The Kier molecular flexibility index (Phi) is 3.37. The van der Waals surface area contributed by atoms with Crippen molar-refractivity contribution in [2.45, 2.75) is 37.4 Å². The molecule has 3 rings (SSSR count). The van der Waals surface area contributed by atoms with Gasteiger partial charge in [-0.15, -0.1) is 0 Å². The van der Waals surface area contributed by atoms with Gasteiger partial charge in [0.2, 0.25) is 0 Å². The topological polar surface area (TPSA) is 47.9 Å². The van der Waals surface area contributed by atoms with Gasteiger partial charge in [0.1, 0.15) is 18.8 Å². The molecule has 0 saturated heterocycles. The fraction of sp³-hybridized carbons (Fsp3) is 0.600. The molecule has 1 aromatic rings. The van der Waals surface area contributed by atoms with E-state index in [4.69, 9.17) is 14.2 Å². The molecule has 0 aromatic heterocycles. The van der Waals surface area contributed by atoms with Crippen molar-refractivity contribution in [3.8, 4) is 11.5 Å². The van der Waals surface area contributed by atoms with Crippen LogP contribution in [0, 0.1) is 0 Å². The van der Waals surface area contributed by atoms with Gasteiger partial charge in [-0.25, -0.2) is 0 Å². The molecule has 0 amide bonds. The van der Waals surface area contributed by atoms with Crippen molar-refractivity contribution in [1.29, 1.82) is 0 Å². The van der Waals surface area contributed by atoms with E-state index in [9.17, 15) is 5.11 Å². The molecule has 0 spiro atoms. The second-order valence-electron chi connectivity index (χ2n) is 5.25. The predicted molar refractivity (Wildman–Crippen MR) is 70.6 cm³/mol. The molecule has 1 aromatic carbocycles. The molecule has 1 N–H and O–H groups in total. The van der Waals surface area contributed by atoms with Gasteiger partial charge in [0, 0.05) is 7.11 Å². The van der Waals surface area contributed by atoms with E-state index in [2.05, 4.69) is 0 Å². The van der Waals surface area contributed by atoms with Crippen molar-refractivity contribution in [1.82, 2.24) is 0 Å². The van der Waals surface area contributed by atoms with Crippen LogP contribution in [0.4, 0.5) is 0 Å². The molecule has 19 heavy (non-hydrogen) atoms. The van der Waals surface area contributed by atoms with Crippen LogP contribution < -0.4 is 9.47 Å². The second kappa shape index (κ2) is 5.02. The molecule has 1 fully saturated rings. The van der Waals surface area contributed by atoms with Crippen molar-refractivity contribution >= 4 is 0 Å². The Labute approximate surface area is 113 Å². The number of methoxy groups -OCH3 is 1. The average Bonchev–Trinajstić information content (AvgIpc) is 2.47. The van der Waals surface area contributed by atoms with E-state index in [0.717, 1.165) is 42.7 Å². The van der Waals surface area contributed by atoms with E-state index in [1.165, 1.54) is 0 Å². The Morgan fingerprint density at radius 2 is 2.00 bits per heavy atom. The monoisotopic (exact) mass is 264 g/mol. The number of ether oxygens (including phenoxy) is 3. The maximum atomic E-state index is 11.0. The Hall–Kier alpha value is -1.26. The first kappa shape index (κ1) is 12.8. The third kappa shape index (κ3) is 2.19. The van der Waals surface area contributed by atoms with Gasteiger partial charge in [0.15, 0.2) is 11.5 Å². The van der Waals surface area contributed by atoms with Crippen molar-refractivity contribution in [3.05, 3.63) is 23.8 Å². The number of rotatable bonds is 2. The third-order valence-electron chi connectivity index (χ3n) is 4.13. The first-order valence-electron chi connectivity index (χ1n) is 6.89. The number of hydrogen-bond acceptors (Lipinski definition) is 4. The summed E-state index contributed by atoms with van der Waals surface area (Å²) in [6.45, 7) is 1.14. The largest absolute Gasteiger partial charge is 0.486 e. The highest BCUT2D eigenvalue weighted by atomic mass is 16.6. The predicted octanol–water partition coefficient (Wildman–Crippen LogP) is 2.23. The van der Waals surface area contributed by atoms with Crippen LogP contribution in [-0.2, 0) is 10.3 Å². The Bertz CT molecular complexity index is 459. The Morgan fingerprint density at radius 1 is 1.21 bits per heavy atom. The molecule has 0 bridgehead atoms. The highest BCUT2D eigenvalue weighted by molar-refractivity contribution is 5.45. The molecule has 2 aliphatic rings. The van der Waals surface area contributed by atoms with E-state index in [1.807, 2.05) is 18.2 Å². The van der Waals surface area contributed by atoms with Crippen LogP contribution in [-0.4, -0.2) is 31.5 Å². The van der Waals surface area contributed by atoms with Crippen LogP contribution in [0.3, 0.4) is 0 Å². The van der Waals surface area contributed by atoms with Crippen LogP contribution in [0.15, 0.2) is 18.2 Å². The van der Waals surface area contributed by atoms with Gasteiger partial charge in [0.25, 0.3) is 0 Å². The summed E-state index contributed by atoms with van der Waals surface area (Å²) >= 11 is 0. The van der Waals surface area contributed by atoms with E-state index >= 15 is 0 Å². The Morgan fingerprint density at radius 3 is 2.79 bits per heavy atom. The maximum Gasteiger partial charge on any atom is 0.161 e. The molecule has 104 valence electrons. The zero-order chi connectivity index (χ0) is 13.3. The molecule has 1 aliphatic carbocycles. The maximum absolute atomic E-state index is 11.0. The minimum atomic E-state index is -0.914. The lowest BCUT2D eigenvalue weighted by atomic mass is 9.77. The van der Waals surface area contributed by atoms with E-state index < -0.39 is 5.60 Å². The van der Waals surface area contributed by atoms with Gasteiger partial charge < -0.3 is 19.3 Å². The normalized spacial score (nSPS) is 30.1. The second-order valence-corrected chi connectivity index (χ2v) is 5.25. The summed E-state index contributed by atoms with van der Waals surface area (Å²) in [4.78, 5) is 0. The van der Waals surface area contributed by atoms with Crippen LogP contribution in [0.25, 0.3) is 0 Å². The summed E-state index contributed by atoms with van der Waals surface area (Å²) in [7, 11) is 1.67. The lowest BCUT2D eigenvalue weighted by Gasteiger charge is -2.39. The first-order chi connectivity index (χ1) is 9.24. The van der Waals surface area contributed by atoms with Crippen molar-refractivity contribution in [2.24, 2.45) is 0 Å². The summed E-state index contributed by atoms with van der Waals surface area (Å²) in [5, 5.41) is 11.0. The van der Waals surface area contributed by atoms with Crippen molar-refractivity contribution in [3.63, 3.8) is 0 Å². The van der Waals surface area contributed by atoms with Crippen LogP contribution in [0.5, 0.6) is 11.5 Å². The summed E-state index contributed by atoms with van der Waals surface area (Å²) in [5.74, 6) is 1.47. The lowest BCUT2D eigenvalue weighted by molar-refractivity contribution is -0.122. The quantitative estimate of drug-likeness (QED) is 0.890. The van der Waals surface area contributed by atoms with E-state index in [0.29, 0.717) is 13.2 Å². The minimum Gasteiger partial charge on any atom is -0.486 e. The minimum absolute atomic E-state index is 0.149. The van der Waals surface area contributed by atoms with Gasteiger partial charge in [-0.05, 0) is 30.5 Å². The summed E-state index contributed by atoms with van der Waals surface area (Å²) < 4.78 is 16.6. The molecule has 1 saturated carbocycles. The highest BCUT2D eigenvalue weighted by Gasteiger charge is 2.41. The molecule has 2 unspecified atom stereocenters. The summed E-state index contributed by atoms with van der Waals surface area (Å²) in [5.41, 5.74) is -0.0497. The highest BCUT2D eigenvalue weighted by Crippen LogP contribution is 2.42. The number of aliphatic hydroxyl groups is 1. The van der Waals surface area contributed by atoms with Crippen molar-refractivity contribution in [2.75, 3.05) is 20.3 Å². The molecule has 4 heteroatoms. The zero-order valence-corrected chi connectivity index (χ0v) is 11.2. The van der Waals surface area contributed by atoms with Crippen LogP contribution in [0.1, 0.15) is 31.2 Å². The molecule has 4 nitrogen and oxygen atoms in total. The summed E-state index contributed by atoms with van der Waals surface area (Å²) in [6.07, 6.45) is 3.59. The van der Waals surface area contributed by atoms with Gasteiger partial charge >= 0.3 is 0 Å². The summed E-state index contributed by atoms with van der Waals surface area (Å²) in [6, 6.07) is 5.69. The molecular weight excluding hydrogens is 244 g/mol. The number of fused-ring (bicyclic) bond motifs is 1. The standard InChI is InChI=1S/C15H20O4/c1-17-14-4-2-3-7-15(14,16)11-5-6-12-13(10-11)19-9-8-18-12/h5-6,10,14,16H,2-4,7-9H2,1H3. The van der Waals surface area contributed by atoms with Gasteiger partial charge in [0.05, 0.1) is 6.10 Å². The molecule has 1 aliphatic heterocycles. The number of hydrogen-bond donors (Lipinski definition) is 1. The fourth-order valence-electron chi connectivity index (χ4n) is 3.08. The lowest BCUT2D eigenvalue weighted by Crippen LogP contribution is -2.43. The SMILES string of the molecule is COC1CCCCC1(O)c1ccc2c(c1)OCCO2. The smallest absolute Gasteiger partial charge is 0.161 e. The third-order valence-corrected chi connectivity index (χ3v) is 4.13. The van der Waals surface area contributed by atoms with Crippen molar-refractivity contribution < 1.29 is 19.3 Å². The molecule has 0 radical (unpaired) electrons. The molecular formula is C15H20O4. The zero-order valence-electron chi connectivity index (χ0n) is 11.2. The van der Waals surface area contributed by atoms with Crippen LogP contribution >= 0.6 is 0 Å². The van der Waals surface area contributed by atoms with E-state index in [-0.39, 0.29) is 6.10 Å². The molecule has 1 heterocycles. The number of benzene rings is 1. The van der Waals surface area contributed by atoms with Gasteiger partial charge in [-0.3, -0.25) is 0 Å².